The van der Waals surface area contributed by atoms with E-state index in [-0.39, 0.29) is 11.9 Å². The van der Waals surface area contributed by atoms with Gasteiger partial charge in [0.1, 0.15) is 0 Å². The third-order valence-electron chi connectivity index (χ3n) is 1.15. The van der Waals surface area contributed by atoms with E-state index in [0.29, 0.717) is 13.2 Å². The molecule has 4 heteroatoms. The van der Waals surface area contributed by atoms with Crippen LogP contribution in [0.3, 0.4) is 0 Å². The molecule has 0 aromatic carbocycles. The number of carbonyl (C=O) groups is 2. The first-order valence-electron chi connectivity index (χ1n) is 3.89. The first-order chi connectivity index (χ1) is 5.63. The van der Waals surface area contributed by atoms with Gasteiger partial charge in [0.15, 0.2) is 0 Å². The van der Waals surface area contributed by atoms with E-state index in [9.17, 15) is 9.59 Å². The highest BCUT2D eigenvalue weighted by atomic mass is 16.5. The summed E-state index contributed by atoms with van der Waals surface area (Å²) < 4.78 is 9.34. The molecule has 0 saturated heterocycles. The number of rotatable bonds is 5. The third kappa shape index (κ3) is 8.94. The number of esters is 2. The van der Waals surface area contributed by atoms with Gasteiger partial charge in [0.2, 0.25) is 0 Å². The highest BCUT2D eigenvalue weighted by Gasteiger charge is 1.94. The van der Waals surface area contributed by atoms with Crippen molar-refractivity contribution in [1.29, 1.82) is 0 Å². The second-order valence-electron chi connectivity index (χ2n) is 2.39. The second-order valence-corrected chi connectivity index (χ2v) is 2.39. The Bertz CT molecular complexity index is 135. The molecule has 70 valence electrons. The van der Waals surface area contributed by atoms with Crippen molar-refractivity contribution in [2.75, 3.05) is 13.2 Å². The molecule has 0 amide bonds. The van der Waals surface area contributed by atoms with Gasteiger partial charge in [-0.3, -0.25) is 9.59 Å². The summed E-state index contributed by atoms with van der Waals surface area (Å²) in [5.41, 5.74) is 0. The van der Waals surface area contributed by atoms with Crippen molar-refractivity contribution in [2.45, 2.75) is 26.7 Å². The van der Waals surface area contributed by atoms with E-state index in [4.69, 9.17) is 0 Å². The summed E-state index contributed by atoms with van der Waals surface area (Å²) in [6.45, 7) is 3.53. The maximum absolute atomic E-state index is 10.3. The third-order valence-corrected chi connectivity index (χ3v) is 1.15. The molecule has 0 spiro atoms. The molecule has 0 heterocycles. The quantitative estimate of drug-likeness (QED) is 0.459. The van der Waals surface area contributed by atoms with Crippen LogP contribution in [0.2, 0.25) is 0 Å². The Morgan fingerprint density at radius 1 is 0.917 bits per heavy atom. The molecule has 0 aliphatic heterocycles. The van der Waals surface area contributed by atoms with Crippen LogP contribution in [0.4, 0.5) is 0 Å². The normalized spacial score (nSPS) is 9.17. The summed E-state index contributed by atoms with van der Waals surface area (Å²) in [6, 6.07) is 0. The Balaban J connectivity index is 3.01. The van der Waals surface area contributed by atoms with Gasteiger partial charge in [-0.1, -0.05) is 0 Å². The minimum atomic E-state index is -0.275. The molecule has 0 N–H and O–H groups in total. The molecular formula is C8H14O4. The zero-order valence-electron chi connectivity index (χ0n) is 7.46. The van der Waals surface area contributed by atoms with Crippen LogP contribution in [-0.2, 0) is 19.1 Å². The molecule has 0 fully saturated rings. The van der Waals surface area contributed by atoms with Gasteiger partial charge < -0.3 is 9.47 Å². The lowest BCUT2D eigenvalue weighted by Crippen LogP contribution is -2.04. The van der Waals surface area contributed by atoms with Crippen molar-refractivity contribution in [1.82, 2.24) is 0 Å². The van der Waals surface area contributed by atoms with Gasteiger partial charge in [0, 0.05) is 13.8 Å². The van der Waals surface area contributed by atoms with E-state index in [1.807, 2.05) is 0 Å². The van der Waals surface area contributed by atoms with E-state index in [0.717, 1.165) is 12.8 Å². The minimum Gasteiger partial charge on any atom is -0.466 e. The minimum absolute atomic E-state index is 0.275. The van der Waals surface area contributed by atoms with Crippen molar-refractivity contribution >= 4 is 11.9 Å². The molecule has 0 aliphatic rings. The van der Waals surface area contributed by atoms with Gasteiger partial charge in [-0.2, -0.15) is 0 Å². The van der Waals surface area contributed by atoms with Crippen LogP contribution >= 0.6 is 0 Å². The molecule has 12 heavy (non-hydrogen) atoms. The Hall–Kier alpha value is -1.06. The standard InChI is InChI=1S/C8H14O4/c1-7(9)11-5-3-4-6-12-8(2)10/h3-6H2,1-2H3. The molecule has 0 aromatic heterocycles. The van der Waals surface area contributed by atoms with Gasteiger partial charge in [-0.25, -0.2) is 0 Å². The van der Waals surface area contributed by atoms with Crippen LogP contribution in [0.25, 0.3) is 0 Å². The van der Waals surface area contributed by atoms with Crippen LogP contribution in [0.15, 0.2) is 0 Å². The molecule has 4 nitrogen and oxygen atoms in total. The highest BCUT2D eigenvalue weighted by Crippen LogP contribution is 1.91. The smallest absolute Gasteiger partial charge is 0.302 e. The summed E-state index contributed by atoms with van der Waals surface area (Å²) in [5, 5.41) is 0. The van der Waals surface area contributed by atoms with Crippen LogP contribution in [0.5, 0.6) is 0 Å². The molecule has 0 aliphatic carbocycles. The average Bonchev–Trinajstić information content (AvgIpc) is 1.95. The lowest BCUT2D eigenvalue weighted by molar-refractivity contribution is -0.143. The maximum atomic E-state index is 10.3. The molecule has 0 unspecified atom stereocenters. The molecule has 0 radical (unpaired) electrons. The van der Waals surface area contributed by atoms with Crippen molar-refractivity contribution in [3.63, 3.8) is 0 Å². The van der Waals surface area contributed by atoms with E-state index >= 15 is 0 Å². The summed E-state index contributed by atoms with van der Waals surface area (Å²) >= 11 is 0. The molecule has 0 aromatic rings. The zero-order valence-corrected chi connectivity index (χ0v) is 7.46. The summed E-state index contributed by atoms with van der Waals surface area (Å²) in [6.07, 6.45) is 1.46. The van der Waals surface area contributed by atoms with Crippen LogP contribution in [0, 0.1) is 0 Å². The van der Waals surface area contributed by atoms with Gasteiger partial charge >= 0.3 is 11.9 Å². The Morgan fingerprint density at radius 2 is 1.25 bits per heavy atom. The van der Waals surface area contributed by atoms with Gasteiger partial charge in [-0.15, -0.1) is 0 Å². The van der Waals surface area contributed by atoms with E-state index in [1.165, 1.54) is 13.8 Å². The van der Waals surface area contributed by atoms with Gasteiger partial charge in [-0.05, 0) is 12.8 Å². The number of carbonyl (C=O) groups excluding carboxylic acids is 2. The van der Waals surface area contributed by atoms with Gasteiger partial charge in [0.25, 0.3) is 0 Å². The van der Waals surface area contributed by atoms with E-state index < -0.39 is 0 Å². The van der Waals surface area contributed by atoms with Crippen LogP contribution in [-0.4, -0.2) is 25.2 Å². The Labute approximate surface area is 71.8 Å². The van der Waals surface area contributed by atoms with E-state index in [1.54, 1.807) is 0 Å². The van der Waals surface area contributed by atoms with Crippen molar-refractivity contribution in [2.24, 2.45) is 0 Å². The number of unbranched alkanes of at least 4 members (excludes halogenated alkanes) is 1. The first kappa shape index (κ1) is 10.9. The molecule has 0 rings (SSSR count). The SMILES string of the molecule is CC(=O)OCCCCOC(C)=O. The molecule has 0 atom stereocenters. The lowest BCUT2D eigenvalue weighted by Gasteiger charge is -2.01. The molecular weight excluding hydrogens is 160 g/mol. The van der Waals surface area contributed by atoms with Crippen LogP contribution < -0.4 is 0 Å². The fraction of sp³-hybridized carbons (Fsp3) is 0.750. The fourth-order valence-corrected chi connectivity index (χ4v) is 0.636. The average molecular weight is 174 g/mol. The van der Waals surface area contributed by atoms with Gasteiger partial charge in [0.05, 0.1) is 13.2 Å². The predicted molar refractivity (Wildman–Crippen MR) is 42.5 cm³/mol. The Kier molecular flexibility index (Phi) is 6.05. The van der Waals surface area contributed by atoms with Crippen molar-refractivity contribution in [3.05, 3.63) is 0 Å². The summed E-state index contributed by atoms with van der Waals surface area (Å²) in [7, 11) is 0. The molecule has 0 saturated carbocycles. The topological polar surface area (TPSA) is 52.6 Å². The second kappa shape index (κ2) is 6.64. The zero-order chi connectivity index (χ0) is 9.40. The number of ether oxygens (including phenoxy) is 2. The monoisotopic (exact) mass is 174 g/mol. The van der Waals surface area contributed by atoms with E-state index in [2.05, 4.69) is 9.47 Å². The predicted octanol–water partition coefficient (Wildman–Crippen LogP) is 0.893. The van der Waals surface area contributed by atoms with Crippen LogP contribution in [0.1, 0.15) is 26.7 Å². The summed E-state index contributed by atoms with van der Waals surface area (Å²) in [4.78, 5) is 20.6. The van der Waals surface area contributed by atoms with Crippen molar-refractivity contribution in [3.8, 4) is 0 Å². The largest absolute Gasteiger partial charge is 0.466 e. The summed E-state index contributed by atoms with van der Waals surface area (Å²) in [5.74, 6) is -0.551. The maximum Gasteiger partial charge on any atom is 0.302 e. The highest BCUT2D eigenvalue weighted by molar-refractivity contribution is 5.66. The lowest BCUT2D eigenvalue weighted by atomic mass is 10.3. The van der Waals surface area contributed by atoms with Crippen molar-refractivity contribution < 1.29 is 19.1 Å². The fourth-order valence-electron chi connectivity index (χ4n) is 0.636. The molecule has 0 bridgehead atoms. The number of hydrogen-bond acceptors (Lipinski definition) is 4. The Morgan fingerprint density at radius 3 is 1.50 bits per heavy atom. The first-order valence-corrected chi connectivity index (χ1v) is 3.89. The number of hydrogen-bond donors (Lipinski definition) is 0.